The fourth-order valence-electron chi connectivity index (χ4n) is 1.95. The van der Waals surface area contributed by atoms with Gasteiger partial charge >= 0.3 is 6.18 Å². The Bertz CT molecular complexity index is 841. The number of nitrogens with zero attached hydrogens (tertiary/aromatic N) is 1. The van der Waals surface area contributed by atoms with Crippen molar-refractivity contribution < 1.29 is 27.8 Å². The molecule has 0 amide bonds. The second-order valence-corrected chi connectivity index (χ2v) is 5.49. The molecule has 0 heterocycles. The van der Waals surface area contributed by atoms with Gasteiger partial charge in [0.1, 0.15) is 11.5 Å². The molecule has 2 aromatic carbocycles. The van der Waals surface area contributed by atoms with Crippen molar-refractivity contribution in [1.29, 1.82) is 0 Å². The number of aliphatic imine (C=N–C) groups is 1. The van der Waals surface area contributed by atoms with E-state index in [9.17, 15) is 23.1 Å². The molecule has 0 bridgehead atoms. The Balaban J connectivity index is 2.48. The van der Waals surface area contributed by atoms with Gasteiger partial charge in [0.25, 0.3) is 5.78 Å². The number of benzene rings is 2. The molecule has 8 heteroatoms. The summed E-state index contributed by atoms with van der Waals surface area (Å²) in [7, 11) is 1.42. The lowest BCUT2D eigenvalue weighted by Gasteiger charge is -2.09. The predicted molar refractivity (Wildman–Crippen MR) is 93.2 cm³/mol. The van der Waals surface area contributed by atoms with Gasteiger partial charge in [0.15, 0.2) is 0 Å². The zero-order valence-corrected chi connectivity index (χ0v) is 14.2. The van der Waals surface area contributed by atoms with Crippen LogP contribution in [-0.4, -0.2) is 30.4 Å². The number of Topliss-reactive ketones (excluding diaryl/α,β-unsaturated/α-hetero) is 1. The Morgan fingerprint density at radius 1 is 1.12 bits per heavy atom. The molecule has 0 unspecified atom stereocenters. The minimum Gasteiger partial charge on any atom is -0.506 e. The van der Waals surface area contributed by atoms with Gasteiger partial charge in [-0.1, -0.05) is 11.6 Å². The number of halogens is 4. The van der Waals surface area contributed by atoms with Gasteiger partial charge in [0, 0.05) is 16.8 Å². The van der Waals surface area contributed by atoms with Gasteiger partial charge in [0.05, 0.1) is 18.4 Å². The third-order valence-corrected chi connectivity index (χ3v) is 3.54. The molecule has 1 N–H and O–H groups in total. The van der Waals surface area contributed by atoms with Gasteiger partial charge in [-0.3, -0.25) is 9.79 Å². The molecule has 4 nitrogen and oxygen atoms in total. The molecule has 0 fully saturated rings. The monoisotopic (exact) mass is 383 g/mol. The van der Waals surface area contributed by atoms with Crippen LogP contribution in [0.3, 0.4) is 0 Å². The molecular formula is C18H13ClF3NO3. The third-order valence-electron chi connectivity index (χ3n) is 3.29. The van der Waals surface area contributed by atoms with Crippen LogP contribution >= 0.6 is 11.6 Å². The van der Waals surface area contributed by atoms with Crippen LogP contribution in [0.5, 0.6) is 5.75 Å². The van der Waals surface area contributed by atoms with Crippen LogP contribution < -0.4 is 4.74 Å². The molecule has 0 aliphatic heterocycles. The van der Waals surface area contributed by atoms with Gasteiger partial charge < -0.3 is 9.84 Å². The van der Waals surface area contributed by atoms with E-state index >= 15 is 0 Å². The maximum atomic E-state index is 12.9. The molecule has 0 spiro atoms. The smallest absolute Gasteiger partial charge is 0.455 e. The van der Waals surface area contributed by atoms with E-state index in [1.807, 2.05) is 0 Å². The summed E-state index contributed by atoms with van der Waals surface area (Å²) in [6.07, 6.45) is -4.49. The van der Waals surface area contributed by atoms with Crippen LogP contribution in [0, 0.1) is 0 Å². The lowest BCUT2D eigenvalue weighted by Crippen LogP contribution is -2.26. The quantitative estimate of drug-likeness (QED) is 0.441. The molecule has 0 aliphatic carbocycles. The number of carbonyl (C=O) groups excluding carboxylic acids is 1. The third kappa shape index (κ3) is 4.86. The maximum Gasteiger partial charge on any atom is 0.455 e. The number of ketones is 1. The van der Waals surface area contributed by atoms with Gasteiger partial charge in [-0.25, -0.2) is 0 Å². The van der Waals surface area contributed by atoms with Crippen molar-refractivity contribution in [1.82, 2.24) is 0 Å². The van der Waals surface area contributed by atoms with Crippen LogP contribution in [0.4, 0.5) is 18.9 Å². The predicted octanol–water partition coefficient (Wildman–Crippen LogP) is 5.15. The first kappa shape index (κ1) is 19.5. The molecule has 0 saturated heterocycles. The summed E-state index contributed by atoms with van der Waals surface area (Å²) in [6.45, 7) is 0. The molecule has 0 atom stereocenters. The maximum absolute atomic E-state index is 12.9. The number of alkyl halides is 3. The van der Waals surface area contributed by atoms with Gasteiger partial charge in [-0.05, 0) is 48.5 Å². The molecule has 2 rings (SSSR count). The first-order chi connectivity index (χ1) is 12.2. The van der Waals surface area contributed by atoms with Crippen molar-refractivity contribution in [3.05, 3.63) is 64.7 Å². The van der Waals surface area contributed by atoms with E-state index in [0.29, 0.717) is 17.0 Å². The zero-order chi connectivity index (χ0) is 19.3. The van der Waals surface area contributed by atoms with Gasteiger partial charge in [0.2, 0.25) is 0 Å². The normalized spacial score (nSPS) is 12.8. The number of aliphatic hydroxyl groups excluding tert-OH is 1. The fraction of sp³-hybridized carbons (Fsp3) is 0.111. The summed E-state index contributed by atoms with van der Waals surface area (Å²) in [5.41, 5.74) is -0.692. The van der Waals surface area contributed by atoms with Crippen molar-refractivity contribution in [2.24, 2.45) is 4.99 Å². The standard InChI is InChI=1S/C18H13ClF3NO3/c1-26-14-8-2-11(3-9-14)16(24)15(17(25)18(20,21)22)10-23-13-6-4-12(19)5-7-13/h2-10,24H,1H3. The molecular weight excluding hydrogens is 371 g/mol. The number of carbonyl (C=O) groups is 1. The fourth-order valence-corrected chi connectivity index (χ4v) is 2.08. The van der Waals surface area contributed by atoms with Crippen LogP contribution in [0.1, 0.15) is 5.56 Å². The van der Waals surface area contributed by atoms with E-state index in [1.165, 1.54) is 55.6 Å². The van der Waals surface area contributed by atoms with E-state index < -0.39 is 23.3 Å². The van der Waals surface area contributed by atoms with E-state index in [-0.39, 0.29) is 11.3 Å². The summed E-state index contributed by atoms with van der Waals surface area (Å²) >= 11 is 5.73. The van der Waals surface area contributed by atoms with Crippen molar-refractivity contribution in [2.45, 2.75) is 6.18 Å². The van der Waals surface area contributed by atoms with Crippen molar-refractivity contribution in [2.75, 3.05) is 7.11 Å². The SMILES string of the molecule is COc1ccc(C(O)=C(C=Nc2ccc(Cl)cc2)C(=O)C(F)(F)F)cc1. The highest BCUT2D eigenvalue weighted by molar-refractivity contribution is 6.30. The second kappa shape index (κ2) is 8.05. The van der Waals surface area contributed by atoms with Crippen molar-refractivity contribution in [3.8, 4) is 5.75 Å². The van der Waals surface area contributed by atoms with E-state index in [0.717, 1.165) is 0 Å². The van der Waals surface area contributed by atoms with Crippen molar-refractivity contribution in [3.63, 3.8) is 0 Å². The van der Waals surface area contributed by atoms with Crippen LogP contribution in [-0.2, 0) is 4.79 Å². The molecule has 0 aliphatic rings. The largest absolute Gasteiger partial charge is 0.506 e. The molecule has 0 saturated carbocycles. The van der Waals surface area contributed by atoms with E-state index in [4.69, 9.17) is 16.3 Å². The number of hydrogen-bond acceptors (Lipinski definition) is 4. The van der Waals surface area contributed by atoms with Gasteiger partial charge in [-0.15, -0.1) is 0 Å². The van der Waals surface area contributed by atoms with E-state index in [1.54, 1.807) is 0 Å². The van der Waals surface area contributed by atoms with E-state index in [2.05, 4.69) is 4.99 Å². The summed E-state index contributed by atoms with van der Waals surface area (Å²) in [6, 6.07) is 11.4. The average Bonchev–Trinajstić information content (AvgIpc) is 2.62. The van der Waals surface area contributed by atoms with Crippen LogP contribution in [0.25, 0.3) is 5.76 Å². The number of rotatable bonds is 5. The number of methoxy groups -OCH3 is 1. The summed E-state index contributed by atoms with van der Waals surface area (Å²) < 4.78 is 43.6. The minimum absolute atomic E-state index is 0.0148. The topological polar surface area (TPSA) is 58.9 Å². The Morgan fingerprint density at radius 3 is 2.19 bits per heavy atom. The minimum atomic E-state index is -5.16. The zero-order valence-electron chi connectivity index (χ0n) is 13.4. The molecule has 0 aromatic heterocycles. The van der Waals surface area contributed by atoms with Gasteiger partial charge in [-0.2, -0.15) is 13.2 Å². The summed E-state index contributed by atoms with van der Waals surface area (Å²) in [4.78, 5) is 15.5. The number of allylic oxidation sites excluding steroid dienone is 1. The Morgan fingerprint density at radius 2 is 1.69 bits per heavy atom. The molecule has 0 radical (unpaired) electrons. The van der Waals surface area contributed by atoms with Crippen molar-refractivity contribution >= 4 is 35.0 Å². The first-order valence-corrected chi connectivity index (χ1v) is 7.59. The van der Waals surface area contributed by atoms with Crippen LogP contribution in [0.15, 0.2) is 59.1 Å². The highest BCUT2D eigenvalue weighted by atomic mass is 35.5. The molecule has 2 aromatic rings. The summed E-state index contributed by atoms with van der Waals surface area (Å²) in [5, 5.41) is 10.6. The first-order valence-electron chi connectivity index (χ1n) is 7.21. The highest BCUT2D eigenvalue weighted by Crippen LogP contribution is 2.26. The highest BCUT2D eigenvalue weighted by Gasteiger charge is 2.41. The molecule has 136 valence electrons. The summed E-state index contributed by atoms with van der Waals surface area (Å²) in [5.74, 6) is -2.60. The van der Waals surface area contributed by atoms with Crippen LogP contribution in [0.2, 0.25) is 5.02 Å². The Kier molecular flexibility index (Phi) is 6.05. The lowest BCUT2D eigenvalue weighted by molar-refractivity contribution is -0.165. The number of hydrogen-bond donors (Lipinski definition) is 1. The number of ether oxygens (including phenoxy) is 1. The Hall–Kier alpha value is -2.80. The molecule has 26 heavy (non-hydrogen) atoms. The second-order valence-electron chi connectivity index (χ2n) is 5.05. The number of aliphatic hydroxyl groups is 1. The Labute approximate surface area is 152 Å². The lowest BCUT2D eigenvalue weighted by atomic mass is 10.0. The average molecular weight is 384 g/mol.